The van der Waals surface area contributed by atoms with Crippen LogP contribution in [0.5, 0.6) is 0 Å². The lowest BCUT2D eigenvalue weighted by Gasteiger charge is -1.95. The minimum absolute atomic E-state index is 0.0150. The maximum Gasteiger partial charge on any atom is 0.179 e. The molecule has 0 radical (unpaired) electrons. The van der Waals surface area contributed by atoms with Crippen molar-refractivity contribution in [2.75, 3.05) is 0 Å². The molecule has 14 heavy (non-hydrogen) atoms. The van der Waals surface area contributed by atoms with Crippen LogP contribution in [-0.4, -0.2) is 15.2 Å². The zero-order valence-corrected chi connectivity index (χ0v) is 10.1. The van der Waals surface area contributed by atoms with Gasteiger partial charge in [0.1, 0.15) is 11.3 Å². The molecule has 2 heterocycles. The molecule has 2 aromatic rings. The van der Waals surface area contributed by atoms with Crippen molar-refractivity contribution in [2.24, 2.45) is 0 Å². The summed E-state index contributed by atoms with van der Waals surface area (Å²) in [5, 5.41) is 0. The van der Waals surface area contributed by atoms with Crippen molar-refractivity contribution in [1.82, 2.24) is 9.38 Å². The van der Waals surface area contributed by atoms with Gasteiger partial charge in [-0.15, -0.1) is 0 Å². The van der Waals surface area contributed by atoms with E-state index in [9.17, 15) is 4.79 Å². The maximum absolute atomic E-state index is 11.2. The molecule has 0 aliphatic rings. The van der Waals surface area contributed by atoms with E-state index < -0.39 is 0 Å². The predicted octanol–water partition coefficient (Wildman–Crippen LogP) is 2.45. The minimum atomic E-state index is 0.0150. The molecule has 0 fully saturated rings. The summed E-state index contributed by atoms with van der Waals surface area (Å²) < 4.78 is 3.05. The van der Waals surface area contributed by atoms with Crippen LogP contribution >= 0.6 is 22.6 Å². The van der Waals surface area contributed by atoms with Gasteiger partial charge in [-0.3, -0.25) is 4.79 Å². The summed E-state index contributed by atoms with van der Waals surface area (Å²) in [6.07, 6.45) is 1.94. The number of rotatable bonds is 1. The molecule has 0 amide bonds. The number of halogens is 1. The number of Topliss-reactive ketones (excluding diaryl/α,β-unsaturated/α-hetero) is 1. The number of aromatic nitrogens is 2. The molecule has 0 saturated heterocycles. The predicted molar refractivity (Wildman–Crippen MR) is 62.7 cm³/mol. The van der Waals surface area contributed by atoms with Crippen molar-refractivity contribution in [3.05, 3.63) is 33.3 Å². The van der Waals surface area contributed by atoms with Crippen LogP contribution in [0.25, 0.3) is 5.65 Å². The number of pyridine rings is 1. The third-order valence-electron chi connectivity index (χ3n) is 2.16. The van der Waals surface area contributed by atoms with Gasteiger partial charge in [0.05, 0.1) is 5.69 Å². The number of hydrogen-bond donors (Lipinski definition) is 0. The standard InChI is InChI=1S/C10H9IN2O/c1-6-10(7(2)14)12-9-5-8(11)3-4-13(6)9/h3-5H,1-2H3. The number of carbonyl (C=O) groups excluding carboxylic acids is 1. The number of nitrogens with zero attached hydrogens (tertiary/aromatic N) is 2. The van der Waals surface area contributed by atoms with E-state index in [0.717, 1.165) is 14.9 Å². The molecule has 0 aliphatic heterocycles. The smallest absolute Gasteiger partial charge is 0.179 e. The Morgan fingerprint density at radius 3 is 2.93 bits per heavy atom. The quantitative estimate of drug-likeness (QED) is 0.599. The molecule has 0 aliphatic carbocycles. The molecule has 0 unspecified atom stereocenters. The Morgan fingerprint density at radius 2 is 2.29 bits per heavy atom. The van der Waals surface area contributed by atoms with Gasteiger partial charge >= 0.3 is 0 Å². The second kappa shape index (κ2) is 3.34. The molecule has 2 rings (SSSR count). The lowest BCUT2D eigenvalue weighted by Crippen LogP contribution is -1.95. The van der Waals surface area contributed by atoms with Crippen molar-refractivity contribution in [3.63, 3.8) is 0 Å². The summed E-state index contributed by atoms with van der Waals surface area (Å²) in [5.41, 5.74) is 2.30. The summed E-state index contributed by atoms with van der Waals surface area (Å²) in [4.78, 5) is 15.5. The third kappa shape index (κ3) is 1.43. The second-order valence-electron chi connectivity index (χ2n) is 3.18. The van der Waals surface area contributed by atoms with Gasteiger partial charge in [-0.05, 0) is 41.6 Å². The van der Waals surface area contributed by atoms with Crippen LogP contribution in [0.3, 0.4) is 0 Å². The fourth-order valence-electron chi connectivity index (χ4n) is 1.48. The molecule has 72 valence electrons. The molecular formula is C10H9IN2O. The first-order chi connectivity index (χ1) is 6.59. The van der Waals surface area contributed by atoms with E-state index in [1.54, 1.807) is 6.92 Å². The first-order valence-electron chi connectivity index (χ1n) is 4.25. The molecule has 0 bridgehead atoms. The van der Waals surface area contributed by atoms with Crippen molar-refractivity contribution in [3.8, 4) is 0 Å². The van der Waals surface area contributed by atoms with E-state index >= 15 is 0 Å². The molecule has 2 aromatic heterocycles. The largest absolute Gasteiger partial charge is 0.304 e. The van der Waals surface area contributed by atoms with E-state index in [-0.39, 0.29) is 5.78 Å². The fraction of sp³-hybridized carbons (Fsp3) is 0.200. The molecule has 3 nitrogen and oxygen atoms in total. The van der Waals surface area contributed by atoms with Gasteiger partial charge in [-0.25, -0.2) is 4.98 Å². The van der Waals surface area contributed by atoms with Gasteiger partial charge in [0.2, 0.25) is 0 Å². The first-order valence-corrected chi connectivity index (χ1v) is 5.32. The first kappa shape index (κ1) is 9.64. The summed E-state index contributed by atoms with van der Waals surface area (Å²) in [6, 6.07) is 3.95. The van der Waals surface area contributed by atoms with E-state index in [0.29, 0.717) is 5.69 Å². The molecule has 0 atom stereocenters. The topological polar surface area (TPSA) is 34.4 Å². The van der Waals surface area contributed by atoms with E-state index in [1.165, 1.54) is 0 Å². The van der Waals surface area contributed by atoms with Crippen molar-refractivity contribution < 1.29 is 4.79 Å². The Bertz CT molecular complexity index is 516. The van der Waals surface area contributed by atoms with Crippen molar-refractivity contribution >= 4 is 34.0 Å². The third-order valence-corrected chi connectivity index (χ3v) is 2.83. The Hall–Kier alpha value is -0.910. The van der Waals surface area contributed by atoms with Gasteiger partial charge in [0, 0.05) is 16.7 Å². The van der Waals surface area contributed by atoms with E-state index in [4.69, 9.17) is 0 Å². The van der Waals surface area contributed by atoms with Crippen LogP contribution in [0.1, 0.15) is 23.1 Å². The van der Waals surface area contributed by atoms with E-state index in [2.05, 4.69) is 27.6 Å². The molecule has 0 aromatic carbocycles. The van der Waals surface area contributed by atoms with Gasteiger partial charge < -0.3 is 4.40 Å². The van der Waals surface area contributed by atoms with Gasteiger partial charge in [-0.2, -0.15) is 0 Å². The van der Waals surface area contributed by atoms with Crippen molar-refractivity contribution in [2.45, 2.75) is 13.8 Å². The number of imidazole rings is 1. The SMILES string of the molecule is CC(=O)c1nc2cc(I)ccn2c1C. The summed E-state index contributed by atoms with van der Waals surface area (Å²) >= 11 is 2.23. The highest BCUT2D eigenvalue weighted by molar-refractivity contribution is 14.1. The Kier molecular flexibility index (Phi) is 2.30. The molecule has 4 heteroatoms. The highest BCUT2D eigenvalue weighted by atomic mass is 127. The second-order valence-corrected chi connectivity index (χ2v) is 4.42. The zero-order valence-electron chi connectivity index (χ0n) is 7.91. The lowest BCUT2D eigenvalue weighted by atomic mass is 10.3. The minimum Gasteiger partial charge on any atom is -0.304 e. The Morgan fingerprint density at radius 1 is 1.57 bits per heavy atom. The lowest BCUT2D eigenvalue weighted by molar-refractivity contribution is 0.101. The molecular weight excluding hydrogens is 291 g/mol. The monoisotopic (exact) mass is 300 g/mol. The number of carbonyl (C=O) groups is 1. The van der Waals surface area contributed by atoms with Gasteiger partial charge in [0.25, 0.3) is 0 Å². The number of fused-ring (bicyclic) bond motifs is 1. The molecule has 0 N–H and O–H groups in total. The van der Waals surface area contributed by atoms with Crippen LogP contribution in [0, 0.1) is 10.5 Å². The average molecular weight is 300 g/mol. The number of ketones is 1. The zero-order chi connectivity index (χ0) is 10.3. The highest BCUT2D eigenvalue weighted by Gasteiger charge is 2.11. The Labute approximate surface area is 95.3 Å². The molecule has 0 saturated carbocycles. The van der Waals surface area contributed by atoms with Gasteiger partial charge in [0.15, 0.2) is 5.78 Å². The van der Waals surface area contributed by atoms with Crippen LogP contribution in [0.4, 0.5) is 0 Å². The van der Waals surface area contributed by atoms with Crippen LogP contribution < -0.4 is 0 Å². The number of hydrogen-bond acceptors (Lipinski definition) is 2. The van der Waals surface area contributed by atoms with E-state index in [1.807, 2.05) is 29.7 Å². The fourth-order valence-corrected chi connectivity index (χ4v) is 1.92. The van der Waals surface area contributed by atoms with Gasteiger partial charge in [-0.1, -0.05) is 0 Å². The molecule has 0 spiro atoms. The highest BCUT2D eigenvalue weighted by Crippen LogP contribution is 2.14. The van der Waals surface area contributed by atoms with Crippen LogP contribution in [0.15, 0.2) is 18.3 Å². The van der Waals surface area contributed by atoms with Crippen LogP contribution in [0.2, 0.25) is 0 Å². The number of aryl methyl sites for hydroxylation is 1. The summed E-state index contributed by atoms with van der Waals surface area (Å²) in [7, 11) is 0. The average Bonchev–Trinajstić information content (AvgIpc) is 2.43. The maximum atomic E-state index is 11.2. The summed E-state index contributed by atoms with van der Waals surface area (Å²) in [5.74, 6) is 0.0150. The van der Waals surface area contributed by atoms with Crippen LogP contribution in [-0.2, 0) is 0 Å². The summed E-state index contributed by atoms with van der Waals surface area (Å²) in [6.45, 7) is 3.45. The normalized spacial score (nSPS) is 10.8. The Balaban J connectivity index is 2.79. The van der Waals surface area contributed by atoms with Crippen molar-refractivity contribution in [1.29, 1.82) is 0 Å².